The molecule has 1 N–H and O–H groups in total. The van der Waals surface area contributed by atoms with Crippen molar-refractivity contribution in [3.63, 3.8) is 0 Å². The molecule has 2 rings (SSSR count). The summed E-state index contributed by atoms with van der Waals surface area (Å²) in [6, 6.07) is 3.02. The largest absolute Gasteiger partial charge is 0.477 e. The lowest BCUT2D eigenvalue weighted by atomic mass is 10.2. The Kier molecular flexibility index (Phi) is 3.98. The minimum absolute atomic E-state index is 0.109. The van der Waals surface area contributed by atoms with Gasteiger partial charge in [-0.2, -0.15) is 0 Å². The number of rotatable bonds is 4. The number of hydrogen-bond acceptors (Lipinski definition) is 4. The first-order valence-electron chi connectivity index (χ1n) is 5.78. The van der Waals surface area contributed by atoms with E-state index in [0.29, 0.717) is 11.4 Å². The summed E-state index contributed by atoms with van der Waals surface area (Å²) >= 11 is 1.00. The van der Waals surface area contributed by atoms with Gasteiger partial charge in [-0.1, -0.05) is 0 Å². The summed E-state index contributed by atoms with van der Waals surface area (Å²) in [5.74, 6) is -1.15. The molecule has 6 heteroatoms. The molecule has 0 saturated carbocycles. The summed E-state index contributed by atoms with van der Waals surface area (Å²) in [6.45, 7) is 1.31. The van der Waals surface area contributed by atoms with Crippen molar-refractivity contribution < 1.29 is 19.4 Å². The average Bonchev–Trinajstić information content (AvgIpc) is 2.98. The monoisotopic (exact) mass is 269 g/mol. The summed E-state index contributed by atoms with van der Waals surface area (Å²) in [5, 5.41) is 8.81. The molecule has 0 radical (unpaired) electrons. The van der Waals surface area contributed by atoms with Gasteiger partial charge < -0.3 is 14.7 Å². The van der Waals surface area contributed by atoms with Crippen LogP contribution in [0.1, 0.15) is 32.2 Å². The molecule has 1 atom stereocenters. The lowest BCUT2D eigenvalue weighted by Crippen LogP contribution is -2.33. The molecule has 0 aliphatic carbocycles. The molecule has 1 fully saturated rings. The first kappa shape index (κ1) is 13.0. The maximum absolute atomic E-state index is 12.1. The molecule has 0 aromatic carbocycles. The van der Waals surface area contributed by atoms with E-state index in [4.69, 9.17) is 9.84 Å². The normalized spacial score (nSPS) is 18.8. The van der Waals surface area contributed by atoms with Crippen molar-refractivity contribution in [2.45, 2.75) is 18.9 Å². The van der Waals surface area contributed by atoms with Gasteiger partial charge in [-0.25, -0.2) is 4.79 Å². The van der Waals surface area contributed by atoms with Crippen LogP contribution in [-0.2, 0) is 4.74 Å². The molecule has 98 valence electrons. The van der Waals surface area contributed by atoms with Crippen LogP contribution in [0, 0.1) is 0 Å². The van der Waals surface area contributed by atoms with E-state index in [1.807, 2.05) is 0 Å². The second-order valence-corrected chi connectivity index (χ2v) is 5.37. The Morgan fingerprint density at radius 2 is 2.22 bits per heavy atom. The third-order valence-corrected chi connectivity index (χ3v) is 3.94. The summed E-state index contributed by atoms with van der Waals surface area (Å²) in [4.78, 5) is 25.0. The van der Waals surface area contributed by atoms with E-state index < -0.39 is 5.97 Å². The summed E-state index contributed by atoms with van der Waals surface area (Å²) in [5.41, 5.74) is 0. The van der Waals surface area contributed by atoms with E-state index in [0.717, 1.165) is 30.8 Å². The fourth-order valence-electron chi connectivity index (χ4n) is 1.93. The van der Waals surface area contributed by atoms with E-state index >= 15 is 0 Å². The van der Waals surface area contributed by atoms with Gasteiger partial charge >= 0.3 is 5.97 Å². The van der Waals surface area contributed by atoms with Crippen LogP contribution in [0.25, 0.3) is 0 Å². The SMILES string of the molecule is CN(CC1CCCO1)C(=O)c1ccc(C(=O)O)s1. The lowest BCUT2D eigenvalue weighted by molar-refractivity contribution is 0.0590. The number of carbonyl (C=O) groups excluding carboxylic acids is 1. The van der Waals surface area contributed by atoms with Crippen LogP contribution in [0.3, 0.4) is 0 Å². The minimum atomic E-state index is -0.999. The van der Waals surface area contributed by atoms with E-state index in [9.17, 15) is 9.59 Å². The van der Waals surface area contributed by atoms with Gasteiger partial charge in [-0.15, -0.1) is 11.3 Å². The third kappa shape index (κ3) is 2.88. The van der Waals surface area contributed by atoms with Crippen molar-refractivity contribution in [3.8, 4) is 0 Å². The molecule has 2 heterocycles. The average molecular weight is 269 g/mol. The van der Waals surface area contributed by atoms with Gasteiger partial charge in [0.05, 0.1) is 11.0 Å². The Bertz CT molecular complexity index is 451. The van der Waals surface area contributed by atoms with Crippen molar-refractivity contribution in [1.82, 2.24) is 4.90 Å². The van der Waals surface area contributed by atoms with Crippen LogP contribution >= 0.6 is 11.3 Å². The maximum atomic E-state index is 12.1. The topological polar surface area (TPSA) is 66.8 Å². The zero-order valence-electron chi connectivity index (χ0n) is 10.1. The van der Waals surface area contributed by atoms with Crippen LogP contribution in [0.2, 0.25) is 0 Å². The van der Waals surface area contributed by atoms with Crippen LogP contribution in [-0.4, -0.2) is 48.2 Å². The molecule has 1 unspecified atom stereocenters. The summed E-state index contributed by atoms with van der Waals surface area (Å²) < 4.78 is 5.47. The number of ether oxygens (including phenoxy) is 1. The predicted molar refractivity (Wildman–Crippen MR) is 67.2 cm³/mol. The van der Waals surface area contributed by atoms with Gasteiger partial charge in [-0.3, -0.25) is 4.79 Å². The minimum Gasteiger partial charge on any atom is -0.477 e. The highest BCUT2D eigenvalue weighted by molar-refractivity contribution is 7.15. The molecule has 0 spiro atoms. The molecule has 5 nitrogen and oxygen atoms in total. The van der Waals surface area contributed by atoms with E-state index in [-0.39, 0.29) is 16.9 Å². The van der Waals surface area contributed by atoms with E-state index in [2.05, 4.69) is 0 Å². The van der Waals surface area contributed by atoms with E-state index in [1.54, 1.807) is 18.0 Å². The molecule has 0 bridgehead atoms. The fourth-order valence-corrected chi connectivity index (χ4v) is 2.77. The molecule has 18 heavy (non-hydrogen) atoms. The maximum Gasteiger partial charge on any atom is 0.345 e. The lowest BCUT2D eigenvalue weighted by Gasteiger charge is -2.20. The standard InChI is InChI=1S/C12H15NO4S/c1-13(7-8-3-2-6-17-8)11(14)9-4-5-10(18-9)12(15)16/h4-5,8H,2-3,6-7H2,1H3,(H,15,16). The van der Waals surface area contributed by atoms with Gasteiger partial charge in [0.2, 0.25) is 0 Å². The summed E-state index contributed by atoms with van der Waals surface area (Å²) in [7, 11) is 1.71. The Morgan fingerprint density at radius 1 is 1.50 bits per heavy atom. The van der Waals surface area contributed by atoms with Crippen molar-refractivity contribution >= 4 is 23.2 Å². The fraction of sp³-hybridized carbons (Fsp3) is 0.500. The van der Waals surface area contributed by atoms with Gasteiger partial charge in [0.25, 0.3) is 5.91 Å². The number of amides is 1. The highest BCUT2D eigenvalue weighted by atomic mass is 32.1. The van der Waals surface area contributed by atoms with Crippen LogP contribution in [0.15, 0.2) is 12.1 Å². The van der Waals surface area contributed by atoms with Crippen molar-refractivity contribution in [3.05, 3.63) is 21.9 Å². The van der Waals surface area contributed by atoms with Gasteiger partial charge in [0.1, 0.15) is 4.88 Å². The molecule has 1 aromatic heterocycles. The Hall–Kier alpha value is -1.40. The summed E-state index contributed by atoms with van der Waals surface area (Å²) in [6.07, 6.45) is 2.12. The zero-order chi connectivity index (χ0) is 13.1. The number of nitrogens with zero attached hydrogens (tertiary/aromatic N) is 1. The number of aromatic carboxylic acids is 1. The number of carbonyl (C=O) groups is 2. The first-order valence-corrected chi connectivity index (χ1v) is 6.60. The number of likely N-dealkylation sites (N-methyl/N-ethyl adjacent to an activating group) is 1. The Labute approximate surface area is 109 Å². The van der Waals surface area contributed by atoms with Crippen molar-refractivity contribution in [2.24, 2.45) is 0 Å². The number of hydrogen-bond donors (Lipinski definition) is 1. The van der Waals surface area contributed by atoms with Crippen LogP contribution < -0.4 is 0 Å². The second-order valence-electron chi connectivity index (χ2n) is 4.29. The molecule has 1 aliphatic rings. The van der Waals surface area contributed by atoms with Crippen LogP contribution in [0.5, 0.6) is 0 Å². The highest BCUT2D eigenvalue weighted by Crippen LogP contribution is 2.19. The molecular formula is C12H15NO4S. The van der Waals surface area contributed by atoms with Gasteiger partial charge in [0, 0.05) is 20.2 Å². The molecule has 1 aliphatic heterocycles. The predicted octanol–water partition coefficient (Wildman–Crippen LogP) is 1.70. The molecule has 1 amide bonds. The van der Waals surface area contributed by atoms with Crippen molar-refractivity contribution in [1.29, 1.82) is 0 Å². The quantitative estimate of drug-likeness (QED) is 0.903. The zero-order valence-corrected chi connectivity index (χ0v) is 10.9. The van der Waals surface area contributed by atoms with E-state index in [1.165, 1.54) is 6.07 Å². The smallest absolute Gasteiger partial charge is 0.345 e. The third-order valence-electron chi connectivity index (χ3n) is 2.88. The second kappa shape index (κ2) is 5.49. The highest BCUT2D eigenvalue weighted by Gasteiger charge is 2.22. The number of thiophene rings is 1. The van der Waals surface area contributed by atoms with Gasteiger partial charge in [0.15, 0.2) is 0 Å². The molecule has 1 aromatic rings. The Morgan fingerprint density at radius 3 is 2.78 bits per heavy atom. The van der Waals surface area contributed by atoms with Crippen LogP contribution in [0.4, 0.5) is 0 Å². The first-order chi connectivity index (χ1) is 8.58. The number of carboxylic acid groups (broad SMARTS) is 1. The Balaban J connectivity index is 1.98. The van der Waals surface area contributed by atoms with Gasteiger partial charge in [-0.05, 0) is 25.0 Å². The molecular weight excluding hydrogens is 254 g/mol. The van der Waals surface area contributed by atoms with Crippen molar-refractivity contribution in [2.75, 3.05) is 20.2 Å². The molecule has 1 saturated heterocycles. The number of carboxylic acids is 1.